The molecule has 0 heterocycles. The summed E-state index contributed by atoms with van der Waals surface area (Å²) in [4.78, 5) is 24.0. The van der Waals surface area contributed by atoms with Gasteiger partial charge in [-0.1, -0.05) is 42.5 Å². The number of carbonyl (C=O) groups is 2. The number of Topliss-reactive ketones (excluding diaryl/α,β-unsaturated/α-hetero) is 1. The molecule has 1 fully saturated rings. The van der Waals surface area contributed by atoms with Gasteiger partial charge in [-0.2, -0.15) is 0 Å². The molecule has 3 rings (SSSR count). The summed E-state index contributed by atoms with van der Waals surface area (Å²) in [6.45, 7) is 3.26. The zero-order valence-electron chi connectivity index (χ0n) is 16.0. The lowest BCUT2D eigenvalue weighted by atomic mass is 9.82. The maximum Gasteiger partial charge on any atom is 0.260 e. The zero-order valence-corrected chi connectivity index (χ0v) is 16.0. The highest BCUT2D eigenvalue weighted by atomic mass is 16.5. The zero-order chi connectivity index (χ0) is 19.2. The van der Waals surface area contributed by atoms with Crippen LogP contribution in [-0.4, -0.2) is 23.8 Å². The van der Waals surface area contributed by atoms with Crippen molar-refractivity contribution in [3.8, 4) is 5.75 Å². The van der Waals surface area contributed by atoms with Gasteiger partial charge in [0.05, 0.1) is 0 Å². The van der Waals surface area contributed by atoms with E-state index in [4.69, 9.17) is 4.74 Å². The molecule has 1 saturated carbocycles. The van der Waals surface area contributed by atoms with Crippen LogP contribution < -0.4 is 10.1 Å². The van der Waals surface area contributed by atoms with Crippen molar-refractivity contribution in [2.45, 2.75) is 57.6 Å². The number of benzene rings is 2. The lowest BCUT2D eigenvalue weighted by Gasteiger charge is -2.30. The number of ether oxygens (including phenoxy) is 1. The highest BCUT2D eigenvalue weighted by Crippen LogP contribution is 2.32. The van der Waals surface area contributed by atoms with Gasteiger partial charge in [-0.05, 0) is 63.1 Å². The fourth-order valence-electron chi connectivity index (χ4n) is 3.66. The van der Waals surface area contributed by atoms with E-state index >= 15 is 0 Å². The fourth-order valence-corrected chi connectivity index (χ4v) is 3.66. The van der Waals surface area contributed by atoms with E-state index in [1.54, 1.807) is 31.2 Å². The monoisotopic (exact) mass is 365 g/mol. The van der Waals surface area contributed by atoms with Gasteiger partial charge in [0.1, 0.15) is 5.75 Å². The standard InChI is InChI=1S/C23H27NO3/c1-16(25)20-9-6-10-22(15-20)27-17(2)23(26)24-21-13-11-19(12-14-21)18-7-4-3-5-8-18/h3-10,15,17,19,21H,11-14H2,1-2H3,(H,24,26). The van der Waals surface area contributed by atoms with E-state index in [1.807, 2.05) is 6.07 Å². The van der Waals surface area contributed by atoms with Crippen LogP contribution in [0.15, 0.2) is 54.6 Å². The van der Waals surface area contributed by atoms with Crippen LogP contribution in [0.2, 0.25) is 0 Å². The second-order valence-electron chi connectivity index (χ2n) is 7.31. The van der Waals surface area contributed by atoms with Gasteiger partial charge in [0, 0.05) is 11.6 Å². The Hall–Kier alpha value is -2.62. The van der Waals surface area contributed by atoms with Gasteiger partial charge in [0.15, 0.2) is 11.9 Å². The largest absolute Gasteiger partial charge is 0.481 e. The maximum absolute atomic E-state index is 12.5. The molecule has 142 valence electrons. The maximum atomic E-state index is 12.5. The van der Waals surface area contributed by atoms with Crippen molar-refractivity contribution in [3.63, 3.8) is 0 Å². The molecule has 1 aliphatic carbocycles. The Labute approximate surface area is 160 Å². The number of rotatable bonds is 6. The van der Waals surface area contributed by atoms with E-state index in [1.165, 1.54) is 12.5 Å². The molecule has 1 amide bonds. The first-order valence-corrected chi connectivity index (χ1v) is 9.66. The first-order chi connectivity index (χ1) is 13.0. The third-order valence-electron chi connectivity index (χ3n) is 5.27. The molecule has 1 atom stereocenters. The van der Waals surface area contributed by atoms with Gasteiger partial charge < -0.3 is 10.1 Å². The van der Waals surface area contributed by atoms with Crippen LogP contribution in [-0.2, 0) is 4.79 Å². The number of ketones is 1. The van der Waals surface area contributed by atoms with Gasteiger partial charge in [-0.15, -0.1) is 0 Å². The third kappa shape index (κ3) is 5.19. The lowest BCUT2D eigenvalue weighted by Crippen LogP contribution is -2.43. The van der Waals surface area contributed by atoms with Crippen LogP contribution in [0.1, 0.15) is 61.4 Å². The normalized spacial score (nSPS) is 20.5. The minimum atomic E-state index is -0.598. The number of carbonyl (C=O) groups excluding carboxylic acids is 2. The van der Waals surface area contributed by atoms with Crippen LogP contribution >= 0.6 is 0 Å². The van der Waals surface area contributed by atoms with E-state index in [0.29, 0.717) is 17.2 Å². The summed E-state index contributed by atoms with van der Waals surface area (Å²) in [5.41, 5.74) is 1.98. The average molecular weight is 365 g/mol. The number of nitrogens with one attached hydrogen (secondary N) is 1. The van der Waals surface area contributed by atoms with Crippen LogP contribution in [0.4, 0.5) is 0 Å². The summed E-state index contributed by atoms with van der Waals surface area (Å²) in [7, 11) is 0. The van der Waals surface area contributed by atoms with Gasteiger partial charge in [0.25, 0.3) is 5.91 Å². The first kappa shape index (κ1) is 19.2. The third-order valence-corrected chi connectivity index (χ3v) is 5.27. The summed E-state index contributed by atoms with van der Waals surface area (Å²) >= 11 is 0. The van der Waals surface area contributed by atoms with Crippen molar-refractivity contribution in [1.29, 1.82) is 0 Å². The lowest BCUT2D eigenvalue weighted by molar-refractivity contribution is -0.128. The molecule has 0 bridgehead atoms. The van der Waals surface area contributed by atoms with Gasteiger partial charge in [-0.3, -0.25) is 9.59 Å². The molecule has 4 heteroatoms. The second kappa shape index (κ2) is 8.85. The predicted molar refractivity (Wildman–Crippen MR) is 106 cm³/mol. The topological polar surface area (TPSA) is 55.4 Å². The van der Waals surface area contributed by atoms with E-state index < -0.39 is 6.10 Å². The minimum absolute atomic E-state index is 0.0206. The molecular weight excluding hydrogens is 338 g/mol. The molecule has 0 saturated heterocycles. The quantitative estimate of drug-likeness (QED) is 0.767. The van der Waals surface area contributed by atoms with Crippen molar-refractivity contribution in [3.05, 3.63) is 65.7 Å². The van der Waals surface area contributed by atoms with Crippen LogP contribution in [0.3, 0.4) is 0 Å². The Morgan fingerprint density at radius 1 is 1.00 bits per heavy atom. The van der Waals surface area contributed by atoms with Crippen molar-refractivity contribution in [2.24, 2.45) is 0 Å². The Morgan fingerprint density at radius 2 is 1.70 bits per heavy atom. The molecule has 0 aliphatic heterocycles. The smallest absolute Gasteiger partial charge is 0.260 e. The fraction of sp³-hybridized carbons (Fsp3) is 0.391. The summed E-state index contributed by atoms with van der Waals surface area (Å²) in [5, 5.41) is 3.12. The molecule has 4 nitrogen and oxygen atoms in total. The highest BCUT2D eigenvalue weighted by Gasteiger charge is 2.25. The molecule has 2 aromatic rings. The summed E-state index contributed by atoms with van der Waals surface area (Å²) in [6.07, 6.45) is 3.55. The SMILES string of the molecule is CC(=O)c1cccc(OC(C)C(=O)NC2CCC(c3ccccc3)CC2)c1. The van der Waals surface area contributed by atoms with E-state index in [2.05, 4.69) is 29.6 Å². The van der Waals surface area contributed by atoms with Crippen molar-refractivity contribution in [1.82, 2.24) is 5.32 Å². The van der Waals surface area contributed by atoms with E-state index in [-0.39, 0.29) is 17.7 Å². The Balaban J connectivity index is 1.49. The van der Waals surface area contributed by atoms with Crippen molar-refractivity contribution in [2.75, 3.05) is 0 Å². The Bertz CT molecular complexity index is 779. The summed E-state index contributed by atoms with van der Waals surface area (Å²) < 4.78 is 5.73. The number of hydrogen-bond donors (Lipinski definition) is 1. The van der Waals surface area contributed by atoms with Crippen molar-refractivity contribution >= 4 is 11.7 Å². The molecule has 2 aromatic carbocycles. The molecule has 27 heavy (non-hydrogen) atoms. The average Bonchev–Trinajstić information content (AvgIpc) is 2.69. The Kier molecular flexibility index (Phi) is 6.28. The van der Waals surface area contributed by atoms with Gasteiger partial charge in [-0.25, -0.2) is 0 Å². The number of amides is 1. The molecule has 0 aromatic heterocycles. The Morgan fingerprint density at radius 3 is 2.37 bits per heavy atom. The molecule has 0 radical (unpaired) electrons. The summed E-state index contributed by atoms with van der Waals surface area (Å²) in [6, 6.07) is 17.7. The van der Waals surface area contributed by atoms with Crippen molar-refractivity contribution < 1.29 is 14.3 Å². The predicted octanol–water partition coefficient (Wildman–Crippen LogP) is 4.50. The number of hydrogen-bond acceptors (Lipinski definition) is 3. The van der Waals surface area contributed by atoms with Gasteiger partial charge >= 0.3 is 0 Å². The second-order valence-corrected chi connectivity index (χ2v) is 7.31. The first-order valence-electron chi connectivity index (χ1n) is 9.66. The molecule has 1 aliphatic rings. The van der Waals surface area contributed by atoms with Gasteiger partial charge in [0.2, 0.25) is 0 Å². The molecule has 0 spiro atoms. The molecular formula is C23H27NO3. The molecule has 1 N–H and O–H groups in total. The molecule has 1 unspecified atom stereocenters. The van der Waals surface area contributed by atoms with E-state index in [0.717, 1.165) is 25.7 Å². The van der Waals surface area contributed by atoms with Crippen LogP contribution in [0.25, 0.3) is 0 Å². The van der Waals surface area contributed by atoms with E-state index in [9.17, 15) is 9.59 Å². The minimum Gasteiger partial charge on any atom is -0.481 e. The summed E-state index contributed by atoms with van der Waals surface area (Å²) in [5.74, 6) is 1.000. The van der Waals surface area contributed by atoms with Crippen LogP contribution in [0, 0.1) is 0 Å². The van der Waals surface area contributed by atoms with Crippen LogP contribution in [0.5, 0.6) is 5.75 Å². The highest BCUT2D eigenvalue weighted by molar-refractivity contribution is 5.94.